The lowest BCUT2D eigenvalue weighted by Gasteiger charge is -2.34. The van der Waals surface area contributed by atoms with Crippen LogP contribution < -0.4 is 16.4 Å². The van der Waals surface area contributed by atoms with E-state index < -0.39 is 5.56 Å². The highest BCUT2D eigenvalue weighted by molar-refractivity contribution is 5.75. The van der Waals surface area contributed by atoms with Crippen molar-refractivity contribution in [1.29, 1.82) is 0 Å². The number of carbonyl (C=O) groups is 1. The van der Waals surface area contributed by atoms with Crippen molar-refractivity contribution in [3.63, 3.8) is 0 Å². The van der Waals surface area contributed by atoms with Crippen LogP contribution >= 0.6 is 0 Å². The van der Waals surface area contributed by atoms with Crippen molar-refractivity contribution >= 4 is 5.91 Å². The first-order valence-electron chi connectivity index (χ1n) is 7.07. The molecule has 1 amide bonds. The SMILES string of the molecule is C[C@H]1[C@H](C)CCC[C@@H]1NC(=O)Cn1[nH]c(=O)ccc1=O. The molecular formula is C14H21N3O3. The average Bonchev–Trinajstić information content (AvgIpc) is 2.39. The zero-order valence-corrected chi connectivity index (χ0v) is 11.9. The van der Waals surface area contributed by atoms with Gasteiger partial charge in [-0.15, -0.1) is 0 Å². The van der Waals surface area contributed by atoms with Gasteiger partial charge in [-0.05, 0) is 18.3 Å². The smallest absolute Gasteiger partial charge is 0.265 e. The van der Waals surface area contributed by atoms with Gasteiger partial charge in [0.1, 0.15) is 6.54 Å². The predicted octanol–water partition coefficient (Wildman–Crippen LogP) is 0.477. The first-order chi connectivity index (χ1) is 9.47. The Kier molecular flexibility index (Phi) is 4.42. The molecule has 0 unspecified atom stereocenters. The minimum absolute atomic E-state index is 0.146. The molecule has 0 aliphatic heterocycles. The summed E-state index contributed by atoms with van der Waals surface area (Å²) >= 11 is 0. The molecule has 1 fully saturated rings. The first kappa shape index (κ1) is 14.6. The van der Waals surface area contributed by atoms with Crippen LogP contribution in [0.5, 0.6) is 0 Å². The fourth-order valence-electron chi connectivity index (χ4n) is 2.76. The van der Waals surface area contributed by atoms with Crippen LogP contribution in [0.3, 0.4) is 0 Å². The molecule has 1 aliphatic carbocycles. The van der Waals surface area contributed by atoms with Crippen molar-refractivity contribution in [3.05, 3.63) is 32.8 Å². The van der Waals surface area contributed by atoms with Crippen LogP contribution in [0, 0.1) is 11.8 Å². The van der Waals surface area contributed by atoms with Gasteiger partial charge in [-0.2, -0.15) is 0 Å². The van der Waals surface area contributed by atoms with E-state index in [4.69, 9.17) is 0 Å². The largest absolute Gasteiger partial charge is 0.351 e. The van der Waals surface area contributed by atoms with Gasteiger partial charge < -0.3 is 5.32 Å². The third kappa shape index (κ3) is 3.37. The Bertz CT molecular complexity index is 590. The van der Waals surface area contributed by atoms with Crippen molar-refractivity contribution in [3.8, 4) is 0 Å². The number of rotatable bonds is 3. The number of aromatic amines is 1. The van der Waals surface area contributed by atoms with E-state index in [-0.39, 0.29) is 24.1 Å². The van der Waals surface area contributed by atoms with Gasteiger partial charge in [0, 0.05) is 18.2 Å². The van der Waals surface area contributed by atoms with Crippen LogP contribution in [-0.4, -0.2) is 21.7 Å². The maximum atomic E-state index is 12.0. The number of carbonyl (C=O) groups excluding carboxylic acids is 1. The van der Waals surface area contributed by atoms with Crippen molar-refractivity contribution in [2.75, 3.05) is 0 Å². The van der Waals surface area contributed by atoms with E-state index in [1.807, 2.05) is 0 Å². The number of nitrogens with zero attached hydrogens (tertiary/aromatic N) is 1. The number of amides is 1. The Hall–Kier alpha value is -1.85. The predicted molar refractivity (Wildman–Crippen MR) is 75.4 cm³/mol. The molecule has 0 radical (unpaired) electrons. The van der Waals surface area contributed by atoms with E-state index in [1.54, 1.807) is 0 Å². The van der Waals surface area contributed by atoms with Crippen molar-refractivity contribution < 1.29 is 4.79 Å². The summed E-state index contributed by atoms with van der Waals surface area (Å²) in [5, 5.41) is 5.32. The van der Waals surface area contributed by atoms with Gasteiger partial charge in [-0.25, -0.2) is 4.68 Å². The van der Waals surface area contributed by atoms with Crippen molar-refractivity contribution in [2.45, 2.75) is 45.7 Å². The van der Waals surface area contributed by atoms with Gasteiger partial charge >= 0.3 is 0 Å². The second-order valence-electron chi connectivity index (χ2n) is 5.68. The molecule has 1 heterocycles. The maximum Gasteiger partial charge on any atom is 0.265 e. The van der Waals surface area contributed by atoms with Crippen LogP contribution in [-0.2, 0) is 11.3 Å². The number of nitrogens with one attached hydrogen (secondary N) is 2. The summed E-state index contributed by atoms with van der Waals surface area (Å²) in [7, 11) is 0. The van der Waals surface area contributed by atoms with E-state index in [1.165, 1.54) is 6.42 Å². The van der Waals surface area contributed by atoms with E-state index in [2.05, 4.69) is 24.3 Å². The van der Waals surface area contributed by atoms with Crippen LogP contribution in [0.2, 0.25) is 0 Å². The quantitative estimate of drug-likeness (QED) is 0.844. The third-order valence-electron chi connectivity index (χ3n) is 4.24. The summed E-state index contributed by atoms with van der Waals surface area (Å²) in [5.74, 6) is 0.785. The highest BCUT2D eigenvalue weighted by atomic mass is 16.2. The lowest BCUT2D eigenvalue weighted by atomic mass is 9.78. The van der Waals surface area contributed by atoms with Gasteiger partial charge in [-0.3, -0.25) is 19.5 Å². The minimum Gasteiger partial charge on any atom is -0.351 e. The van der Waals surface area contributed by atoms with Gasteiger partial charge in [0.25, 0.3) is 11.1 Å². The standard InChI is InChI=1S/C14H21N3O3/c1-9-4-3-5-11(10(9)2)15-13(19)8-17-14(20)7-6-12(18)16-17/h6-7,9-11H,3-5,8H2,1-2H3,(H,15,19)(H,16,18)/t9-,10+,11+/m1/s1. The molecule has 3 atom stereocenters. The molecule has 20 heavy (non-hydrogen) atoms. The monoisotopic (exact) mass is 279 g/mol. The molecule has 0 bridgehead atoms. The highest BCUT2D eigenvalue weighted by Crippen LogP contribution is 2.29. The van der Waals surface area contributed by atoms with E-state index in [0.29, 0.717) is 11.8 Å². The summed E-state index contributed by atoms with van der Waals surface area (Å²) in [4.78, 5) is 34.7. The van der Waals surface area contributed by atoms with Crippen LogP contribution in [0.15, 0.2) is 21.7 Å². The summed E-state index contributed by atoms with van der Waals surface area (Å²) in [6, 6.07) is 2.47. The molecule has 1 aromatic rings. The third-order valence-corrected chi connectivity index (χ3v) is 4.24. The number of hydrogen-bond donors (Lipinski definition) is 2. The van der Waals surface area contributed by atoms with Gasteiger partial charge in [0.15, 0.2) is 0 Å². The molecule has 2 rings (SSSR count). The fourth-order valence-corrected chi connectivity index (χ4v) is 2.76. The molecule has 0 spiro atoms. The molecule has 6 nitrogen and oxygen atoms in total. The molecule has 6 heteroatoms. The van der Waals surface area contributed by atoms with E-state index in [0.717, 1.165) is 29.7 Å². The van der Waals surface area contributed by atoms with Gasteiger partial charge in [0.05, 0.1) is 0 Å². The molecule has 1 aromatic heterocycles. The van der Waals surface area contributed by atoms with E-state index >= 15 is 0 Å². The maximum absolute atomic E-state index is 12.0. The highest BCUT2D eigenvalue weighted by Gasteiger charge is 2.28. The number of H-pyrrole nitrogens is 1. The summed E-state index contributed by atoms with van der Waals surface area (Å²) in [6.45, 7) is 4.19. The molecule has 0 aromatic carbocycles. The molecule has 110 valence electrons. The lowest BCUT2D eigenvalue weighted by molar-refractivity contribution is -0.123. The second kappa shape index (κ2) is 6.07. The lowest BCUT2D eigenvalue weighted by Crippen LogP contribution is -2.46. The Morgan fingerprint density at radius 3 is 2.85 bits per heavy atom. The minimum atomic E-state index is -0.392. The Morgan fingerprint density at radius 1 is 1.35 bits per heavy atom. The molecule has 1 aliphatic rings. The molecule has 2 N–H and O–H groups in total. The van der Waals surface area contributed by atoms with Crippen molar-refractivity contribution in [2.24, 2.45) is 11.8 Å². The Labute approximate surface area is 117 Å². The number of aromatic nitrogens is 2. The number of hydrogen-bond acceptors (Lipinski definition) is 3. The van der Waals surface area contributed by atoms with Crippen LogP contribution in [0.25, 0.3) is 0 Å². The second-order valence-corrected chi connectivity index (χ2v) is 5.68. The van der Waals surface area contributed by atoms with Crippen molar-refractivity contribution in [1.82, 2.24) is 15.1 Å². The summed E-state index contributed by atoms with van der Waals surface area (Å²) in [5.41, 5.74) is -0.776. The van der Waals surface area contributed by atoms with Gasteiger partial charge in [0.2, 0.25) is 5.91 Å². The fraction of sp³-hybridized carbons (Fsp3) is 0.643. The normalized spacial score (nSPS) is 26.2. The van der Waals surface area contributed by atoms with Crippen LogP contribution in [0.4, 0.5) is 0 Å². The zero-order chi connectivity index (χ0) is 14.7. The Balaban J connectivity index is 2.00. The zero-order valence-electron chi connectivity index (χ0n) is 11.9. The summed E-state index contributed by atoms with van der Waals surface area (Å²) in [6.07, 6.45) is 3.27. The molecular weight excluding hydrogens is 258 g/mol. The molecule has 0 saturated heterocycles. The summed E-state index contributed by atoms with van der Waals surface area (Å²) < 4.78 is 1.04. The van der Waals surface area contributed by atoms with E-state index in [9.17, 15) is 14.4 Å². The Morgan fingerprint density at radius 2 is 2.10 bits per heavy atom. The average molecular weight is 279 g/mol. The van der Waals surface area contributed by atoms with Gasteiger partial charge in [-0.1, -0.05) is 26.7 Å². The molecule has 1 saturated carbocycles. The first-order valence-corrected chi connectivity index (χ1v) is 7.07. The van der Waals surface area contributed by atoms with Crippen LogP contribution in [0.1, 0.15) is 33.1 Å². The topological polar surface area (TPSA) is 84.0 Å².